The summed E-state index contributed by atoms with van der Waals surface area (Å²) >= 11 is 0. The minimum Gasteiger partial charge on any atom is -0.460 e. The smallest absolute Gasteiger partial charge is 0.323 e. The summed E-state index contributed by atoms with van der Waals surface area (Å²) in [6.07, 6.45) is 0.996. The Hall–Kier alpha value is -1.39. The van der Waals surface area contributed by atoms with E-state index in [-0.39, 0.29) is 24.0 Å². The largest absolute Gasteiger partial charge is 0.460 e. The summed E-state index contributed by atoms with van der Waals surface area (Å²) in [6, 6.07) is 9.47. The van der Waals surface area contributed by atoms with Gasteiger partial charge in [-0.2, -0.15) is 0 Å². The molecule has 1 aliphatic heterocycles. The fourth-order valence-corrected chi connectivity index (χ4v) is 2.59. The van der Waals surface area contributed by atoms with Crippen LogP contribution < -0.4 is 5.32 Å². The van der Waals surface area contributed by atoms with E-state index in [0.29, 0.717) is 13.2 Å². The van der Waals surface area contributed by atoms with Crippen molar-refractivity contribution in [3.63, 3.8) is 0 Å². The van der Waals surface area contributed by atoms with Gasteiger partial charge in [0.05, 0.1) is 6.10 Å². The van der Waals surface area contributed by atoms with E-state index >= 15 is 0 Å². The number of carbonyl (C=O) groups is 1. The maximum absolute atomic E-state index is 12.1. The maximum atomic E-state index is 12.1. The summed E-state index contributed by atoms with van der Waals surface area (Å²) in [4.78, 5) is 12.1. The maximum Gasteiger partial charge on any atom is 0.323 e. The van der Waals surface area contributed by atoms with E-state index < -0.39 is 0 Å². The highest BCUT2D eigenvalue weighted by Gasteiger charge is 2.39. The van der Waals surface area contributed by atoms with Crippen LogP contribution in [0, 0.1) is 5.92 Å². The lowest BCUT2D eigenvalue weighted by Gasteiger charge is -2.20. The summed E-state index contributed by atoms with van der Waals surface area (Å²) in [5.41, 5.74) is 1.00. The van der Waals surface area contributed by atoms with Crippen molar-refractivity contribution in [2.75, 3.05) is 13.7 Å². The van der Waals surface area contributed by atoms with Gasteiger partial charge in [-0.15, -0.1) is 0 Å². The van der Waals surface area contributed by atoms with Crippen LogP contribution in [0.2, 0.25) is 0 Å². The predicted octanol–water partition coefficient (Wildman–Crippen LogP) is 1.74. The third-order valence-electron chi connectivity index (χ3n) is 3.70. The van der Waals surface area contributed by atoms with Crippen molar-refractivity contribution in [1.29, 1.82) is 0 Å². The van der Waals surface area contributed by atoms with Crippen molar-refractivity contribution in [3.8, 4) is 0 Å². The number of ether oxygens (including phenoxy) is 2. The van der Waals surface area contributed by atoms with E-state index in [1.807, 2.05) is 30.3 Å². The normalized spacial score (nSPS) is 26.3. The second kappa shape index (κ2) is 6.68. The van der Waals surface area contributed by atoms with E-state index in [0.717, 1.165) is 12.0 Å². The molecule has 4 heteroatoms. The van der Waals surface area contributed by atoms with Crippen LogP contribution >= 0.6 is 0 Å². The fourth-order valence-electron chi connectivity index (χ4n) is 2.59. The average Bonchev–Trinajstić information content (AvgIpc) is 2.88. The number of methoxy groups -OCH3 is 1. The Morgan fingerprint density at radius 2 is 2.11 bits per heavy atom. The van der Waals surface area contributed by atoms with Gasteiger partial charge in [-0.25, -0.2) is 0 Å². The van der Waals surface area contributed by atoms with Gasteiger partial charge in [0.2, 0.25) is 0 Å². The highest BCUT2D eigenvalue weighted by Crippen LogP contribution is 2.23. The first kappa shape index (κ1) is 14.0. The van der Waals surface area contributed by atoms with E-state index in [4.69, 9.17) is 9.47 Å². The number of rotatable bonds is 5. The highest BCUT2D eigenvalue weighted by molar-refractivity contribution is 5.76. The van der Waals surface area contributed by atoms with Crippen LogP contribution in [0.15, 0.2) is 30.3 Å². The minimum atomic E-state index is -0.251. The van der Waals surface area contributed by atoms with Crippen molar-refractivity contribution in [2.24, 2.45) is 5.92 Å². The number of nitrogens with one attached hydrogen (secondary N) is 1. The van der Waals surface area contributed by atoms with Gasteiger partial charge in [-0.3, -0.25) is 4.79 Å². The molecule has 1 N–H and O–H groups in total. The Labute approximate surface area is 114 Å². The third-order valence-corrected chi connectivity index (χ3v) is 3.70. The number of hydrogen-bond acceptors (Lipinski definition) is 4. The lowest BCUT2D eigenvalue weighted by molar-refractivity contribution is -0.148. The van der Waals surface area contributed by atoms with Crippen LogP contribution in [0.3, 0.4) is 0 Å². The van der Waals surface area contributed by atoms with Gasteiger partial charge in [0.15, 0.2) is 0 Å². The molecule has 1 fully saturated rings. The molecule has 1 aliphatic rings. The molecule has 1 heterocycles. The van der Waals surface area contributed by atoms with Gasteiger partial charge in [-0.1, -0.05) is 37.3 Å². The topological polar surface area (TPSA) is 47.6 Å². The first-order chi connectivity index (χ1) is 9.26. The summed E-state index contributed by atoms with van der Waals surface area (Å²) in [5.74, 6) is 0.00327. The second-order valence-electron chi connectivity index (χ2n) is 4.83. The van der Waals surface area contributed by atoms with Crippen molar-refractivity contribution in [1.82, 2.24) is 5.32 Å². The van der Waals surface area contributed by atoms with Crippen LogP contribution in [-0.4, -0.2) is 31.8 Å². The van der Waals surface area contributed by atoms with Crippen molar-refractivity contribution >= 4 is 5.97 Å². The Balaban J connectivity index is 1.89. The second-order valence-corrected chi connectivity index (χ2v) is 4.83. The molecule has 0 saturated carbocycles. The molecule has 0 bridgehead atoms. The zero-order chi connectivity index (χ0) is 13.7. The molecule has 0 aliphatic carbocycles. The van der Waals surface area contributed by atoms with E-state index in [1.165, 1.54) is 0 Å². The summed E-state index contributed by atoms with van der Waals surface area (Å²) in [6.45, 7) is 3.10. The van der Waals surface area contributed by atoms with Crippen LogP contribution in [0.4, 0.5) is 0 Å². The van der Waals surface area contributed by atoms with Gasteiger partial charge in [0.1, 0.15) is 12.6 Å². The van der Waals surface area contributed by atoms with Gasteiger partial charge in [-0.05, 0) is 12.0 Å². The third kappa shape index (κ3) is 3.33. The predicted molar refractivity (Wildman–Crippen MR) is 72.6 cm³/mol. The first-order valence-electron chi connectivity index (χ1n) is 6.73. The molecule has 2 rings (SSSR count). The molecule has 0 spiro atoms. The monoisotopic (exact) mass is 263 g/mol. The molecule has 1 saturated heterocycles. The highest BCUT2D eigenvalue weighted by atomic mass is 16.5. The molecule has 1 aromatic carbocycles. The Kier molecular flexibility index (Phi) is 4.93. The van der Waals surface area contributed by atoms with Crippen LogP contribution in [0.25, 0.3) is 0 Å². The Bertz CT molecular complexity index is 407. The molecule has 104 valence electrons. The summed E-state index contributed by atoms with van der Waals surface area (Å²) in [7, 11) is 1.69. The zero-order valence-electron chi connectivity index (χ0n) is 11.5. The van der Waals surface area contributed by atoms with Crippen LogP contribution in [-0.2, 0) is 20.9 Å². The first-order valence-corrected chi connectivity index (χ1v) is 6.73. The van der Waals surface area contributed by atoms with Gasteiger partial charge < -0.3 is 14.8 Å². The quantitative estimate of drug-likeness (QED) is 0.822. The lowest BCUT2D eigenvalue weighted by atomic mass is 9.95. The Morgan fingerprint density at radius 1 is 1.37 bits per heavy atom. The number of benzene rings is 1. The van der Waals surface area contributed by atoms with Crippen LogP contribution in [0.1, 0.15) is 18.9 Å². The average molecular weight is 263 g/mol. The Morgan fingerprint density at radius 3 is 2.74 bits per heavy atom. The minimum absolute atomic E-state index is 0.0966. The molecule has 3 atom stereocenters. The molecule has 4 nitrogen and oxygen atoms in total. The standard InChI is InChI=1S/C15H21NO3/c1-3-12-13(18-2)9-16-14(12)15(17)19-10-11-7-5-4-6-8-11/h4-8,12-14,16H,3,9-10H2,1-2H3. The number of esters is 1. The van der Waals surface area contributed by atoms with Gasteiger partial charge >= 0.3 is 5.97 Å². The molecule has 0 amide bonds. The van der Waals surface area contributed by atoms with Crippen LogP contribution in [0.5, 0.6) is 0 Å². The number of hydrogen-bond donors (Lipinski definition) is 1. The molecular formula is C15H21NO3. The zero-order valence-corrected chi connectivity index (χ0v) is 11.5. The van der Waals surface area contributed by atoms with E-state index in [1.54, 1.807) is 7.11 Å². The molecule has 3 unspecified atom stereocenters. The summed E-state index contributed by atoms with van der Waals surface area (Å²) < 4.78 is 10.8. The lowest BCUT2D eigenvalue weighted by Crippen LogP contribution is -2.37. The van der Waals surface area contributed by atoms with Gasteiger partial charge in [0.25, 0.3) is 0 Å². The fraction of sp³-hybridized carbons (Fsp3) is 0.533. The molecule has 0 aromatic heterocycles. The SMILES string of the molecule is CCC1C(OC)CNC1C(=O)OCc1ccccc1. The van der Waals surface area contributed by atoms with Crippen molar-refractivity contribution in [2.45, 2.75) is 32.1 Å². The van der Waals surface area contributed by atoms with Gasteiger partial charge in [0, 0.05) is 19.6 Å². The van der Waals surface area contributed by atoms with Crippen molar-refractivity contribution in [3.05, 3.63) is 35.9 Å². The summed E-state index contributed by atoms with van der Waals surface area (Å²) in [5, 5.41) is 3.20. The van der Waals surface area contributed by atoms with E-state index in [2.05, 4.69) is 12.2 Å². The van der Waals surface area contributed by atoms with E-state index in [9.17, 15) is 4.79 Å². The molecule has 19 heavy (non-hydrogen) atoms. The number of carbonyl (C=O) groups excluding carboxylic acids is 1. The molecular weight excluding hydrogens is 242 g/mol. The molecule has 0 radical (unpaired) electrons. The molecule has 1 aromatic rings. The van der Waals surface area contributed by atoms with Crippen molar-refractivity contribution < 1.29 is 14.3 Å².